The molecule has 3 aliphatic rings. The minimum atomic E-state index is -0.971. The maximum absolute atomic E-state index is 10.3. The molecule has 0 aromatic heterocycles. The smallest absolute Gasteiger partial charge is 0.116 e. The molecule has 0 radical (unpaired) electrons. The molecule has 2 aliphatic carbocycles. The molecule has 0 aromatic carbocycles. The van der Waals surface area contributed by atoms with Crippen LogP contribution in [0.25, 0.3) is 0 Å². The molecule has 3 N–H and O–H groups in total. The van der Waals surface area contributed by atoms with Crippen LogP contribution in [0.2, 0.25) is 0 Å². The fourth-order valence-electron chi connectivity index (χ4n) is 3.63. The summed E-state index contributed by atoms with van der Waals surface area (Å²) in [5.41, 5.74) is -2.36. The minimum Gasteiger partial charge on any atom is -0.396 e. The zero-order valence-corrected chi connectivity index (χ0v) is 8.23. The van der Waals surface area contributed by atoms with Gasteiger partial charge in [-0.3, -0.25) is 0 Å². The molecule has 2 saturated carbocycles. The van der Waals surface area contributed by atoms with Gasteiger partial charge < -0.3 is 20.1 Å². The first-order chi connectivity index (χ1) is 6.46. The standard InChI is InChI=1S/C10H16O4/c1-6-2-9(12)3-8(5-11)4-10(8,13)7(9)14-6/h6-7,11-13H,2-5H2,1H3/t6-,7-,8+,9+,10-/m0/s1. The molecular formula is C10H16O4. The van der Waals surface area contributed by atoms with Crippen LogP contribution in [0.3, 0.4) is 0 Å². The summed E-state index contributed by atoms with van der Waals surface area (Å²) in [5.74, 6) is 0. The van der Waals surface area contributed by atoms with E-state index in [2.05, 4.69) is 0 Å². The summed E-state index contributed by atoms with van der Waals surface area (Å²) in [6.45, 7) is 1.85. The molecular weight excluding hydrogens is 184 g/mol. The minimum absolute atomic E-state index is 0.00585. The Hall–Kier alpha value is -0.160. The molecule has 14 heavy (non-hydrogen) atoms. The van der Waals surface area contributed by atoms with Gasteiger partial charge in [0.15, 0.2) is 0 Å². The second kappa shape index (κ2) is 2.16. The van der Waals surface area contributed by atoms with Gasteiger partial charge in [0, 0.05) is 11.8 Å². The lowest BCUT2D eigenvalue weighted by molar-refractivity contribution is -0.0950. The number of hydrogen-bond donors (Lipinski definition) is 3. The average Bonchev–Trinajstić information content (AvgIpc) is 2.45. The SMILES string of the molecule is C[C@H]1C[C@@]2(O)C[C@]3(CO)C[C@]3(O)[C@H]2O1. The lowest BCUT2D eigenvalue weighted by Crippen LogP contribution is -2.42. The first-order valence-corrected chi connectivity index (χ1v) is 5.17. The lowest BCUT2D eigenvalue weighted by Gasteiger charge is -2.25. The molecule has 1 aliphatic heterocycles. The van der Waals surface area contributed by atoms with Gasteiger partial charge in [-0.2, -0.15) is 0 Å². The van der Waals surface area contributed by atoms with Crippen LogP contribution in [0.15, 0.2) is 0 Å². The summed E-state index contributed by atoms with van der Waals surface area (Å²) in [7, 11) is 0. The van der Waals surface area contributed by atoms with Crippen LogP contribution < -0.4 is 0 Å². The fourth-order valence-corrected chi connectivity index (χ4v) is 3.63. The topological polar surface area (TPSA) is 69.9 Å². The summed E-state index contributed by atoms with van der Waals surface area (Å²) in [5, 5.41) is 29.7. The normalized spacial score (nSPS) is 65.1. The van der Waals surface area contributed by atoms with Crippen molar-refractivity contribution in [2.45, 2.75) is 49.6 Å². The summed E-state index contributed by atoms with van der Waals surface area (Å²) in [6, 6.07) is 0. The average molecular weight is 200 g/mol. The molecule has 0 bridgehead atoms. The van der Waals surface area contributed by atoms with Crippen LogP contribution in [-0.4, -0.2) is 45.3 Å². The fraction of sp³-hybridized carbons (Fsp3) is 1.00. The van der Waals surface area contributed by atoms with Crippen molar-refractivity contribution in [2.75, 3.05) is 6.61 Å². The molecule has 1 heterocycles. The molecule has 80 valence electrons. The van der Waals surface area contributed by atoms with E-state index in [4.69, 9.17) is 4.74 Å². The molecule has 1 saturated heterocycles. The van der Waals surface area contributed by atoms with Crippen LogP contribution in [0.4, 0.5) is 0 Å². The lowest BCUT2D eigenvalue weighted by atomic mass is 9.89. The molecule has 5 atom stereocenters. The summed E-state index contributed by atoms with van der Waals surface area (Å²) in [4.78, 5) is 0. The Kier molecular flexibility index (Phi) is 1.41. The molecule has 3 fully saturated rings. The Morgan fingerprint density at radius 3 is 2.64 bits per heavy atom. The quantitative estimate of drug-likeness (QED) is 0.529. The van der Waals surface area contributed by atoms with Gasteiger partial charge in [-0.15, -0.1) is 0 Å². The van der Waals surface area contributed by atoms with E-state index in [1.54, 1.807) is 0 Å². The Morgan fingerprint density at radius 1 is 1.36 bits per heavy atom. The van der Waals surface area contributed by atoms with Crippen LogP contribution in [0.5, 0.6) is 0 Å². The molecule has 4 heteroatoms. The van der Waals surface area contributed by atoms with Crippen molar-refractivity contribution in [2.24, 2.45) is 5.41 Å². The maximum atomic E-state index is 10.3. The molecule has 3 rings (SSSR count). The van der Waals surface area contributed by atoms with Gasteiger partial charge in [0.25, 0.3) is 0 Å². The maximum Gasteiger partial charge on any atom is 0.116 e. The predicted molar refractivity (Wildman–Crippen MR) is 47.6 cm³/mol. The van der Waals surface area contributed by atoms with Gasteiger partial charge in [0.2, 0.25) is 0 Å². The molecule has 0 aromatic rings. The summed E-state index contributed by atoms with van der Waals surface area (Å²) >= 11 is 0. The molecule has 4 nitrogen and oxygen atoms in total. The number of aliphatic hydroxyl groups excluding tert-OH is 1. The van der Waals surface area contributed by atoms with Crippen molar-refractivity contribution >= 4 is 0 Å². The van der Waals surface area contributed by atoms with E-state index in [0.717, 1.165) is 0 Å². The number of aliphatic hydroxyl groups is 3. The Morgan fingerprint density at radius 2 is 2.07 bits per heavy atom. The van der Waals surface area contributed by atoms with Crippen LogP contribution in [0, 0.1) is 5.41 Å². The summed E-state index contributed by atoms with van der Waals surface area (Å²) in [6.07, 6.45) is 1.13. The van der Waals surface area contributed by atoms with E-state index in [1.165, 1.54) is 0 Å². The van der Waals surface area contributed by atoms with Gasteiger partial charge in [-0.25, -0.2) is 0 Å². The van der Waals surface area contributed by atoms with Gasteiger partial charge in [-0.1, -0.05) is 0 Å². The zero-order chi connectivity index (χ0) is 10.2. The van der Waals surface area contributed by atoms with Gasteiger partial charge in [0.05, 0.1) is 18.3 Å². The molecule has 0 spiro atoms. The van der Waals surface area contributed by atoms with E-state index in [-0.39, 0.29) is 12.7 Å². The van der Waals surface area contributed by atoms with Gasteiger partial charge in [-0.05, 0) is 19.8 Å². The molecule has 0 unspecified atom stereocenters. The Bertz CT molecular complexity index is 290. The second-order valence-electron chi connectivity index (χ2n) is 5.35. The first-order valence-electron chi connectivity index (χ1n) is 5.17. The second-order valence-corrected chi connectivity index (χ2v) is 5.35. The third-order valence-electron chi connectivity index (χ3n) is 4.28. The zero-order valence-electron chi connectivity index (χ0n) is 8.23. The van der Waals surface area contributed by atoms with Crippen molar-refractivity contribution in [1.82, 2.24) is 0 Å². The molecule has 0 amide bonds. The highest BCUT2D eigenvalue weighted by Gasteiger charge is 2.82. The van der Waals surface area contributed by atoms with E-state index in [1.807, 2.05) is 6.92 Å². The van der Waals surface area contributed by atoms with Gasteiger partial charge >= 0.3 is 0 Å². The van der Waals surface area contributed by atoms with Crippen LogP contribution >= 0.6 is 0 Å². The van der Waals surface area contributed by atoms with Crippen molar-refractivity contribution in [3.8, 4) is 0 Å². The van der Waals surface area contributed by atoms with Crippen molar-refractivity contribution in [1.29, 1.82) is 0 Å². The summed E-state index contributed by atoms with van der Waals surface area (Å²) < 4.78 is 5.56. The number of rotatable bonds is 1. The predicted octanol–water partition coefficient (Wildman–Crippen LogP) is -0.588. The number of hydrogen-bond acceptors (Lipinski definition) is 4. The van der Waals surface area contributed by atoms with Crippen LogP contribution in [0.1, 0.15) is 26.2 Å². The Balaban J connectivity index is 1.96. The monoisotopic (exact) mass is 200 g/mol. The Labute approximate surface area is 82.5 Å². The third-order valence-corrected chi connectivity index (χ3v) is 4.28. The van der Waals surface area contributed by atoms with E-state index < -0.39 is 22.7 Å². The number of ether oxygens (including phenoxy) is 1. The largest absolute Gasteiger partial charge is 0.396 e. The van der Waals surface area contributed by atoms with E-state index >= 15 is 0 Å². The van der Waals surface area contributed by atoms with Crippen molar-refractivity contribution in [3.05, 3.63) is 0 Å². The third kappa shape index (κ3) is 0.758. The first kappa shape index (κ1) is 9.09. The van der Waals surface area contributed by atoms with Crippen molar-refractivity contribution in [3.63, 3.8) is 0 Å². The van der Waals surface area contributed by atoms with Crippen LogP contribution in [-0.2, 0) is 4.74 Å². The number of fused-ring (bicyclic) bond motifs is 3. The van der Waals surface area contributed by atoms with E-state index in [9.17, 15) is 15.3 Å². The highest BCUT2D eigenvalue weighted by Crippen LogP contribution is 2.72. The van der Waals surface area contributed by atoms with Gasteiger partial charge in [0.1, 0.15) is 11.7 Å². The highest BCUT2D eigenvalue weighted by atomic mass is 16.5. The highest BCUT2D eigenvalue weighted by molar-refractivity contribution is 5.32. The van der Waals surface area contributed by atoms with Crippen molar-refractivity contribution < 1.29 is 20.1 Å². The van der Waals surface area contributed by atoms with E-state index in [0.29, 0.717) is 19.3 Å².